The van der Waals surface area contributed by atoms with Crippen LogP contribution in [-0.2, 0) is 0 Å². The van der Waals surface area contributed by atoms with E-state index in [0.29, 0.717) is 6.04 Å². The molecule has 1 aliphatic rings. The molecule has 0 spiro atoms. The highest BCUT2D eigenvalue weighted by Crippen LogP contribution is 2.20. The summed E-state index contributed by atoms with van der Waals surface area (Å²) in [4.78, 5) is 2.64. The molecule has 0 radical (unpaired) electrons. The molecule has 0 aromatic carbocycles. The van der Waals surface area contributed by atoms with Gasteiger partial charge in [-0.15, -0.1) is 0 Å². The summed E-state index contributed by atoms with van der Waals surface area (Å²) in [6, 6.07) is 1.43. The maximum Gasteiger partial charge on any atom is 0.0246 e. The summed E-state index contributed by atoms with van der Waals surface area (Å²) in [6.07, 6.45) is 16.9. The van der Waals surface area contributed by atoms with Crippen molar-refractivity contribution in [1.82, 2.24) is 10.2 Å². The van der Waals surface area contributed by atoms with Crippen molar-refractivity contribution in [2.75, 3.05) is 20.6 Å². The van der Waals surface area contributed by atoms with Gasteiger partial charge < -0.3 is 10.2 Å². The van der Waals surface area contributed by atoms with Crippen molar-refractivity contribution >= 4 is 0 Å². The first-order chi connectivity index (χ1) is 9.79. The first kappa shape index (κ1) is 18.0. The average Bonchev–Trinajstić information content (AvgIpc) is 2.45. The second kappa shape index (κ2) is 11.6. The van der Waals surface area contributed by atoms with Gasteiger partial charge in [0.2, 0.25) is 0 Å². The second-order valence-corrected chi connectivity index (χ2v) is 6.70. The molecule has 0 bridgehead atoms. The van der Waals surface area contributed by atoms with E-state index < -0.39 is 0 Å². The lowest BCUT2D eigenvalue weighted by Crippen LogP contribution is -2.47. The van der Waals surface area contributed by atoms with Crippen molar-refractivity contribution in [2.45, 2.75) is 96.1 Å². The molecule has 1 saturated carbocycles. The Bertz CT molecular complexity index is 217. The van der Waals surface area contributed by atoms with Crippen LogP contribution < -0.4 is 5.32 Å². The van der Waals surface area contributed by atoms with E-state index in [1.54, 1.807) is 0 Å². The molecule has 0 saturated heterocycles. The number of nitrogens with zero attached hydrogens (tertiary/aromatic N) is 1. The average molecular weight is 283 g/mol. The largest absolute Gasteiger partial charge is 0.315 e. The third kappa shape index (κ3) is 7.08. The lowest BCUT2D eigenvalue weighted by Gasteiger charge is -2.35. The Labute approximate surface area is 127 Å². The van der Waals surface area contributed by atoms with Crippen LogP contribution in [-0.4, -0.2) is 37.6 Å². The molecule has 1 aliphatic carbocycles. The zero-order valence-electron chi connectivity index (χ0n) is 14.3. The molecule has 120 valence electrons. The highest BCUT2D eigenvalue weighted by Gasteiger charge is 2.23. The summed E-state index contributed by atoms with van der Waals surface area (Å²) in [5, 5.41) is 3.62. The van der Waals surface area contributed by atoms with Crippen molar-refractivity contribution in [1.29, 1.82) is 0 Å². The van der Waals surface area contributed by atoms with Crippen LogP contribution in [0.5, 0.6) is 0 Å². The Morgan fingerprint density at radius 2 is 1.45 bits per heavy atom. The number of unbranched alkanes of at least 4 members (excludes halogenated alkanes) is 1. The zero-order valence-corrected chi connectivity index (χ0v) is 14.3. The molecule has 1 N–H and O–H groups in total. The van der Waals surface area contributed by atoms with Gasteiger partial charge in [-0.25, -0.2) is 0 Å². The summed E-state index contributed by atoms with van der Waals surface area (Å²) < 4.78 is 0. The number of hydrogen-bond acceptors (Lipinski definition) is 2. The first-order valence-electron chi connectivity index (χ1n) is 9.17. The van der Waals surface area contributed by atoms with Crippen LogP contribution in [0.3, 0.4) is 0 Å². The minimum atomic E-state index is 0.691. The molecule has 2 atom stereocenters. The molecular formula is C18H38N2. The van der Waals surface area contributed by atoms with Crippen molar-refractivity contribution < 1.29 is 0 Å². The van der Waals surface area contributed by atoms with Crippen LogP contribution >= 0.6 is 0 Å². The molecule has 2 unspecified atom stereocenters. The van der Waals surface area contributed by atoms with Crippen LogP contribution in [0.4, 0.5) is 0 Å². The van der Waals surface area contributed by atoms with Gasteiger partial charge in [-0.05, 0) is 39.9 Å². The van der Waals surface area contributed by atoms with E-state index in [4.69, 9.17) is 0 Å². The summed E-state index contributed by atoms with van der Waals surface area (Å²) in [5.41, 5.74) is 0. The van der Waals surface area contributed by atoms with Gasteiger partial charge >= 0.3 is 0 Å². The molecule has 2 nitrogen and oxygen atoms in total. The Morgan fingerprint density at radius 3 is 2.00 bits per heavy atom. The van der Waals surface area contributed by atoms with Crippen LogP contribution in [0, 0.1) is 0 Å². The van der Waals surface area contributed by atoms with Crippen molar-refractivity contribution in [3.63, 3.8) is 0 Å². The standard InChI is InChI=1S/C18H38N2/c1-4-5-16-20(3)18-15-13-11-9-7-6-8-10-12-14-17(18)19-2/h17-19H,4-16H2,1-3H3. The fourth-order valence-corrected chi connectivity index (χ4v) is 3.61. The van der Waals surface area contributed by atoms with E-state index >= 15 is 0 Å². The van der Waals surface area contributed by atoms with Gasteiger partial charge in [0, 0.05) is 12.1 Å². The highest BCUT2D eigenvalue weighted by atomic mass is 15.2. The van der Waals surface area contributed by atoms with Crippen molar-refractivity contribution in [3.05, 3.63) is 0 Å². The van der Waals surface area contributed by atoms with Gasteiger partial charge in [-0.2, -0.15) is 0 Å². The molecule has 0 heterocycles. The summed E-state index contributed by atoms with van der Waals surface area (Å²) in [5.74, 6) is 0. The van der Waals surface area contributed by atoms with Gasteiger partial charge in [-0.1, -0.05) is 64.7 Å². The molecule has 0 aromatic heterocycles. The maximum atomic E-state index is 3.62. The number of likely N-dealkylation sites (N-methyl/N-ethyl adjacent to an activating group) is 2. The van der Waals surface area contributed by atoms with Gasteiger partial charge in [0.25, 0.3) is 0 Å². The van der Waals surface area contributed by atoms with Gasteiger partial charge in [0.05, 0.1) is 0 Å². The van der Waals surface area contributed by atoms with Gasteiger partial charge in [0.15, 0.2) is 0 Å². The Kier molecular flexibility index (Phi) is 10.4. The summed E-state index contributed by atoms with van der Waals surface area (Å²) in [7, 11) is 4.51. The molecule has 0 amide bonds. The normalized spacial score (nSPS) is 27.0. The SMILES string of the molecule is CCCCN(C)C1CCCCCCCCCCC1NC. The molecule has 1 fully saturated rings. The minimum absolute atomic E-state index is 0.691. The lowest BCUT2D eigenvalue weighted by molar-refractivity contribution is 0.171. The van der Waals surface area contributed by atoms with E-state index in [1.165, 1.54) is 83.6 Å². The van der Waals surface area contributed by atoms with Gasteiger partial charge in [0.1, 0.15) is 0 Å². The van der Waals surface area contributed by atoms with Crippen LogP contribution in [0.15, 0.2) is 0 Å². The monoisotopic (exact) mass is 282 g/mol. The number of rotatable bonds is 5. The van der Waals surface area contributed by atoms with Gasteiger partial charge in [-0.3, -0.25) is 0 Å². The zero-order chi connectivity index (χ0) is 14.6. The highest BCUT2D eigenvalue weighted by molar-refractivity contribution is 4.83. The Morgan fingerprint density at radius 1 is 0.900 bits per heavy atom. The quantitative estimate of drug-likeness (QED) is 0.793. The summed E-state index contributed by atoms with van der Waals surface area (Å²) >= 11 is 0. The predicted octanol–water partition coefficient (Wildman–Crippen LogP) is 4.59. The topological polar surface area (TPSA) is 15.3 Å². The third-order valence-corrected chi connectivity index (χ3v) is 5.03. The van der Waals surface area contributed by atoms with E-state index in [1.807, 2.05) is 0 Å². The lowest BCUT2D eigenvalue weighted by atomic mass is 9.93. The molecular weight excluding hydrogens is 244 g/mol. The third-order valence-electron chi connectivity index (χ3n) is 5.03. The number of hydrogen-bond donors (Lipinski definition) is 1. The molecule has 0 aliphatic heterocycles. The molecule has 20 heavy (non-hydrogen) atoms. The molecule has 0 aromatic rings. The van der Waals surface area contributed by atoms with Crippen LogP contribution in [0.1, 0.15) is 84.0 Å². The number of nitrogens with one attached hydrogen (secondary N) is 1. The Balaban J connectivity index is 2.54. The van der Waals surface area contributed by atoms with E-state index in [0.717, 1.165) is 6.04 Å². The van der Waals surface area contributed by atoms with E-state index in [9.17, 15) is 0 Å². The fourth-order valence-electron chi connectivity index (χ4n) is 3.61. The Hall–Kier alpha value is -0.0800. The van der Waals surface area contributed by atoms with Crippen molar-refractivity contribution in [2.24, 2.45) is 0 Å². The fraction of sp³-hybridized carbons (Fsp3) is 1.00. The van der Waals surface area contributed by atoms with E-state index in [2.05, 4.69) is 31.2 Å². The smallest absolute Gasteiger partial charge is 0.0246 e. The molecule has 2 heteroatoms. The summed E-state index contributed by atoms with van der Waals surface area (Å²) in [6.45, 7) is 3.56. The van der Waals surface area contributed by atoms with Crippen LogP contribution in [0.2, 0.25) is 0 Å². The predicted molar refractivity (Wildman–Crippen MR) is 90.3 cm³/mol. The second-order valence-electron chi connectivity index (χ2n) is 6.70. The van der Waals surface area contributed by atoms with Crippen molar-refractivity contribution in [3.8, 4) is 0 Å². The van der Waals surface area contributed by atoms with E-state index in [-0.39, 0.29) is 0 Å². The first-order valence-corrected chi connectivity index (χ1v) is 9.17. The maximum absolute atomic E-state index is 3.62. The molecule has 1 rings (SSSR count). The van der Waals surface area contributed by atoms with Crippen LogP contribution in [0.25, 0.3) is 0 Å². The minimum Gasteiger partial charge on any atom is -0.315 e.